The molecule has 0 radical (unpaired) electrons. The van der Waals surface area contributed by atoms with Gasteiger partial charge in [0.15, 0.2) is 5.96 Å². The van der Waals surface area contributed by atoms with Crippen LogP contribution in [0.5, 0.6) is 5.75 Å². The molecule has 2 aromatic carbocycles. The van der Waals surface area contributed by atoms with Crippen LogP contribution in [0.1, 0.15) is 37.8 Å². The largest absolute Gasteiger partial charge is 0.488 e. The van der Waals surface area contributed by atoms with Crippen molar-refractivity contribution in [3.05, 3.63) is 59.7 Å². The van der Waals surface area contributed by atoms with Crippen LogP contribution in [0.25, 0.3) is 0 Å². The maximum atomic E-state index is 11.7. The van der Waals surface area contributed by atoms with Crippen LogP contribution in [-0.4, -0.2) is 31.1 Å². The summed E-state index contributed by atoms with van der Waals surface area (Å²) in [5.74, 6) is 1.80. The number of aliphatic imine (C=N–C) groups is 1. The van der Waals surface area contributed by atoms with Crippen LogP contribution < -0.4 is 20.7 Å². The third kappa shape index (κ3) is 7.19. The third-order valence-corrected chi connectivity index (χ3v) is 4.69. The molecule has 0 aromatic heterocycles. The molecule has 0 bridgehead atoms. The molecule has 7 heteroatoms. The Bertz CT molecular complexity index is 814. The van der Waals surface area contributed by atoms with Crippen LogP contribution in [0, 0.1) is 0 Å². The molecule has 3 rings (SSSR count). The monoisotopic (exact) mass is 522 g/mol. The standard InChI is InChI=1S/C23H30N4O2.HI/c1-3-7-22(28)27-19-12-10-17(11-13-19)15-25-23(24-4-2)26-16-20-14-18-8-5-6-9-21(18)29-20;/h5-6,8-13,20H,3-4,7,14-16H2,1-2H3,(H,27,28)(H2,24,25,26);1H. The van der Waals surface area contributed by atoms with Gasteiger partial charge in [-0.1, -0.05) is 37.3 Å². The molecule has 1 unspecified atom stereocenters. The number of hydrogen-bond acceptors (Lipinski definition) is 3. The van der Waals surface area contributed by atoms with Crippen molar-refractivity contribution < 1.29 is 9.53 Å². The highest BCUT2D eigenvalue weighted by molar-refractivity contribution is 14.0. The predicted octanol–water partition coefficient (Wildman–Crippen LogP) is 4.10. The van der Waals surface area contributed by atoms with E-state index in [-0.39, 0.29) is 36.0 Å². The van der Waals surface area contributed by atoms with Crippen LogP contribution in [-0.2, 0) is 17.8 Å². The van der Waals surface area contributed by atoms with Gasteiger partial charge in [0.05, 0.1) is 13.1 Å². The van der Waals surface area contributed by atoms with E-state index in [2.05, 4.69) is 27.0 Å². The maximum Gasteiger partial charge on any atom is 0.224 e. The summed E-state index contributed by atoms with van der Waals surface area (Å²) >= 11 is 0. The second-order valence-corrected chi connectivity index (χ2v) is 7.12. The summed E-state index contributed by atoms with van der Waals surface area (Å²) in [6.07, 6.45) is 2.41. The van der Waals surface area contributed by atoms with Crippen molar-refractivity contribution in [2.75, 3.05) is 18.4 Å². The highest BCUT2D eigenvalue weighted by Gasteiger charge is 2.22. The van der Waals surface area contributed by atoms with E-state index in [1.54, 1.807) is 0 Å². The van der Waals surface area contributed by atoms with Crippen LogP contribution in [0.2, 0.25) is 0 Å². The van der Waals surface area contributed by atoms with Crippen LogP contribution >= 0.6 is 24.0 Å². The fourth-order valence-electron chi connectivity index (χ4n) is 3.23. The van der Waals surface area contributed by atoms with Gasteiger partial charge in [0.25, 0.3) is 0 Å². The van der Waals surface area contributed by atoms with Gasteiger partial charge in [0.2, 0.25) is 5.91 Å². The van der Waals surface area contributed by atoms with Gasteiger partial charge in [-0.2, -0.15) is 0 Å². The van der Waals surface area contributed by atoms with Gasteiger partial charge in [-0.05, 0) is 42.7 Å². The molecule has 6 nitrogen and oxygen atoms in total. The first-order valence-corrected chi connectivity index (χ1v) is 10.3. The first kappa shape index (κ1) is 24.0. The minimum atomic E-state index is 0. The smallest absolute Gasteiger partial charge is 0.224 e. The number of para-hydroxylation sites is 1. The molecular formula is C23H31IN4O2. The minimum Gasteiger partial charge on any atom is -0.488 e. The summed E-state index contributed by atoms with van der Waals surface area (Å²) in [5.41, 5.74) is 3.16. The Morgan fingerprint density at radius 3 is 2.57 bits per heavy atom. The number of carbonyl (C=O) groups excluding carboxylic acids is 1. The number of guanidine groups is 1. The quantitative estimate of drug-likeness (QED) is 0.277. The topological polar surface area (TPSA) is 74.8 Å². The zero-order valence-electron chi connectivity index (χ0n) is 17.6. The summed E-state index contributed by atoms with van der Waals surface area (Å²) in [5, 5.41) is 9.55. The summed E-state index contributed by atoms with van der Waals surface area (Å²) < 4.78 is 5.98. The van der Waals surface area contributed by atoms with Gasteiger partial charge in [-0.25, -0.2) is 4.99 Å². The van der Waals surface area contributed by atoms with E-state index in [4.69, 9.17) is 4.74 Å². The lowest BCUT2D eigenvalue weighted by Crippen LogP contribution is -2.42. The van der Waals surface area contributed by atoms with E-state index in [1.165, 1.54) is 5.56 Å². The van der Waals surface area contributed by atoms with Crippen molar-refractivity contribution in [1.29, 1.82) is 0 Å². The first-order valence-electron chi connectivity index (χ1n) is 10.3. The number of hydrogen-bond donors (Lipinski definition) is 3. The molecule has 1 heterocycles. The molecular weight excluding hydrogens is 491 g/mol. The first-order chi connectivity index (χ1) is 14.2. The number of rotatable bonds is 8. The van der Waals surface area contributed by atoms with E-state index in [9.17, 15) is 4.79 Å². The van der Waals surface area contributed by atoms with Crippen molar-refractivity contribution >= 4 is 41.5 Å². The highest BCUT2D eigenvalue weighted by Crippen LogP contribution is 2.27. The average Bonchev–Trinajstić information content (AvgIpc) is 3.14. The Morgan fingerprint density at radius 1 is 1.10 bits per heavy atom. The molecule has 1 aliphatic rings. The van der Waals surface area contributed by atoms with E-state index < -0.39 is 0 Å². The summed E-state index contributed by atoms with van der Waals surface area (Å²) in [6, 6.07) is 16.0. The number of carbonyl (C=O) groups is 1. The zero-order valence-corrected chi connectivity index (χ0v) is 19.9. The Morgan fingerprint density at radius 2 is 1.87 bits per heavy atom. The number of nitrogens with one attached hydrogen (secondary N) is 3. The highest BCUT2D eigenvalue weighted by atomic mass is 127. The molecule has 0 aliphatic carbocycles. The average molecular weight is 522 g/mol. The Labute approximate surface area is 195 Å². The van der Waals surface area contributed by atoms with Crippen LogP contribution in [0.15, 0.2) is 53.5 Å². The van der Waals surface area contributed by atoms with E-state index in [0.717, 1.165) is 42.3 Å². The number of benzene rings is 2. The van der Waals surface area contributed by atoms with Gasteiger partial charge >= 0.3 is 0 Å². The second-order valence-electron chi connectivity index (χ2n) is 7.12. The molecule has 0 saturated heterocycles. The van der Waals surface area contributed by atoms with Gasteiger partial charge in [-0.3, -0.25) is 4.79 Å². The Hall–Kier alpha value is -2.29. The number of amides is 1. The second kappa shape index (κ2) is 12.4. The van der Waals surface area contributed by atoms with E-state index >= 15 is 0 Å². The molecule has 1 atom stereocenters. The third-order valence-electron chi connectivity index (χ3n) is 4.69. The molecule has 1 aliphatic heterocycles. The van der Waals surface area contributed by atoms with Gasteiger partial charge in [0.1, 0.15) is 11.9 Å². The SMILES string of the molecule is CCCC(=O)Nc1ccc(CN=C(NCC)NCC2Cc3ccccc3O2)cc1.I. The normalized spacial score (nSPS) is 14.9. The lowest BCUT2D eigenvalue weighted by atomic mass is 10.1. The Balaban J connectivity index is 0.00000320. The van der Waals surface area contributed by atoms with Crippen molar-refractivity contribution in [3.8, 4) is 5.75 Å². The summed E-state index contributed by atoms with van der Waals surface area (Å²) in [7, 11) is 0. The molecule has 0 fully saturated rings. The van der Waals surface area contributed by atoms with Crippen molar-refractivity contribution in [3.63, 3.8) is 0 Å². The Kier molecular flexibility index (Phi) is 9.93. The van der Waals surface area contributed by atoms with Crippen LogP contribution in [0.4, 0.5) is 5.69 Å². The van der Waals surface area contributed by atoms with Crippen LogP contribution in [0.3, 0.4) is 0 Å². The molecule has 2 aromatic rings. The van der Waals surface area contributed by atoms with Gasteiger partial charge < -0.3 is 20.7 Å². The fourth-order valence-corrected chi connectivity index (χ4v) is 3.23. The number of nitrogens with zero attached hydrogens (tertiary/aromatic N) is 1. The molecule has 30 heavy (non-hydrogen) atoms. The van der Waals surface area contributed by atoms with Gasteiger partial charge in [-0.15, -0.1) is 24.0 Å². The lowest BCUT2D eigenvalue weighted by molar-refractivity contribution is -0.116. The number of ether oxygens (including phenoxy) is 1. The fraction of sp³-hybridized carbons (Fsp3) is 0.391. The van der Waals surface area contributed by atoms with Crippen molar-refractivity contribution in [1.82, 2.24) is 10.6 Å². The zero-order chi connectivity index (χ0) is 20.5. The minimum absolute atomic E-state index is 0. The molecule has 0 spiro atoms. The lowest BCUT2D eigenvalue weighted by Gasteiger charge is -2.15. The number of halogens is 1. The molecule has 1 amide bonds. The molecule has 3 N–H and O–H groups in total. The number of anilines is 1. The van der Waals surface area contributed by atoms with E-state index in [0.29, 0.717) is 19.5 Å². The van der Waals surface area contributed by atoms with E-state index in [1.807, 2.05) is 56.3 Å². The maximum absolute atomic E-state index is 11.7. The summed E-state index contributed by atoms with van der Waals surface area (Å²) in [4.78, 5) is 16.3. The van der Waals surface area contributed by atoms with Crippen molar-refractivity contribution in [2.45, 2.75) is 45.8 Å². The number of fused-ring (bicyclic) bond motifs is 1. The molecule has 0 saturated carbocycles. The summed E-state index contributed by atoms with van der Waals surface area (Å²) in [6.45, 7) is 6.09. The predicted molar refractivity (Wildman–Crippen MR) is 133 cm³/mol. The van der Waals surface area contributed by atoms with Crippen molar-refractivity contribution in [2.24, 2.45) is 4.99 Å². The molecule has 162 valence electrons. The van der Waals surface area contributed by atoms with Gasteiger partial charge in [0, 0.05) is 25.1 Å².